The number of fused-ring (bicyclic) bond motifs is 1. The van der Waals surface area contributed by atoms with Crippen molar-refractivity contribution in [2.45, 2.75) is 30.9 Å². The number of aromatic nitrogens is 1. The summed E-state index contributed by atoms with van der Waals surface area (Å²) in [4.78, 5) is 27.9. The van der Waals surface area contributed by atoms with Crippen LogP contribution in [0.1, 0.15) is 17.5 Å². The molecule has 1 aliphatic heterocycles. The van der Waals surface area contributed by atoms with Gasteiger partial charge in [0.1, 0.15) is 12.0 Å². The molecule has 192 valence electrons. The van der Waals surface area contributed by atoms with E-state index in [4.69, 9.17) is 9.47 Å². The van der Waals surface area contributed by atoms with Crippen molar-refractivity contribution in [2.75, 3.05) is 33.4 Å². The van der Waals surface area contributed by atoms with Crippen LogP contribution in [0.25, 0.3) is 10.9 Å². The van der Waals surface area contributed by atoms with Crippen LogP contribution in [0, 0.1) is 6.92 Å². The van der Waals surface area contributed by atoms with Gasteiger partial charge in [-0.05, 0) is 55.2 Å². The molecule has 1 saturated heterocycles. The van der Waals surface area contributed by atoms with Gasteiger partial charge < -0.3 is 25.1 Å². The highest BCUT2D eigenvalue weighted by Gasteiger charge is 2.35. The number of amides is 2. The third-order valence-electron chi connectivity index (χ3n) is 6.13. The fraction of sp³-hybridized carbons (Fsp3) is 0.360. The number of nitrogens with one attached hydrogen (secondary N) is 3. The van der Waals surface area contributed by atoms with Crippen molar-refractivity contribution in [2.24, 2.45) is 0 Å². The summed E-state index contributed by atoms with van der Waals surface area (Å²) in [5, 5.41) is 6.18. The van der Waals surface area contributed by atoms with Crippen molar-refractivity contribution in [3.8, 4) is 5.75 Å². The molecule has 1 aromatic heterocycles. The normalized spacial score (nSPS) is 16.6. The third kappa shape index (κ3) is 5.53. The molecule has 3 aromatic rings. The third-order valence-corrected chi connectivity index (χ3v) is 8.01. The van der Waals surface area contributed by atoms with Gasteiger partial charge in [0.05, 0.1) is 25.2 Å². The summed E-state index contributed by atoms with van der Waals surface area (Å²) < 4.78 is 38.6. The summed E-state index contributed by atoms with van der Waals surface area (Å²) in [5.41, 5.74) is 2.73. The highest BCUT2D eigenvalue weighted by atomic mass is 32.2. The average Bonchev–Trinajstić information content (AvgIpc) is 3.30. The lowest BCUT2D eigenvalue weighted by Gasteiger charge is -2.34. The second-order valence-corrected chi connectivity index (χ2v) is 10.4. The van der Waals surface area contributed by atoms with Crippen molar-refractivity contribution in [3.63, 3.8) is 0 Å². The van der Waals surface area contributed by atoms with Crippen LogP contribution in [0.3, 0.4) is 0 Å². The van der Waals surface area contributed by atoms with Gasteiger partial charge in [-0.1, -0.05) is 18.2 Å². The van der Waals surface area contributed by atoms with Gasteiger partial charge in [-0.3, -0.25) is 9.59 Å². The second kappa shape index (κ2) is 11.1. The SMILES string of the molecule is COc1ccc(S(=O)(=O)N2CCCO[C@@H]2CNC(=O)C(=O)NCCc2c[nH]c3ccccc23)cc1C. The molecule has 4 rings (SSSR count). The van der Waals surface area contributed by atoms with Crippen LogP contribution in [-0.2, 0) is 30.8 Å². The van der Waals surface area contributed by atoms with E-state index in [1.807, 2.05) is 30.5 Å². The molecule has 2 amide bonds. The Bertz CT molecular complexity index is 1350. The van der Waals surface area contributed by atoms with Crippen LogP contribution < -0.4 is 15.4 Å². The zero-order chi connectivity index (χ0) is 25.7. The summed E-state index contributed by atoms with van der Waals surface area (Å²) in [6, 6.07) is 12.5. The molecule has 0 bridgehead atoms. The molecule has 1 fully saturated rings. The molecule has 0 radical (unpaired) electrons. The summed E-state index contributed by atoms with van der Waals surface area (Å²) in [5.74, 6) is -1.05. The molecule has 1 atom stereocenters. The van der Waals surface area contributed by atoms with Gasteiger partial charge in [-0.2, -0.15) is 4.31 Å². The lowest BCUT2D eigenvalue weighted by molar-refractivity contribution is -0.140. The zero-order valence-corrected chi connectivity index (χ0v) is 21.1. The van der Waals surface area contributed by atoms with Crippen molar-refractivity contribution in [3.05, 3.63) is 59.8 Å². The first-order chi connectivity index (χ1) is 17.3. The number of para-hydroxylation sites is 1. The lowest BCUT2D eigenvalue weighted by atomic mass is 10.1. The number of sulfonamides is 1. The molecule has 0 aliphatic carbocycles. The van der Waals surface area contributed by atoms with E-state index in [1.165, 1.54) is 17.5 Å². The number of methoxy groups -OCH3 is 1. The molecule has 1 aliphatic rings. The monoisotopic (exact) mass is 514 g/mol. The van der Waals surface area contributed by atoms with Gasteiger partial charge in [-0.15, -0.1) is 0 Å². The molecule has 36 heavy (non-hydrogen) atoms. The molecule has 2 aromatic carbocycles. The Hall–Kier alpha value is -3.41. The fourth-order valence-corrected chi connectivity index (χ4v) is 5.89. The minimum Gasteiger partial charge on any atom is -0.496 e. The Kier molecular flexibility index (Phi) is 7.92. The van der Waals surface area contributed by atoms with Crippen LogP contribution in [0.2, 0.25) is 0 Å². The van der Waals surface area contributed by atoms with E-state index in [0.717, 1.165) is 16.5 Å². The van der Waals surface area contributed by atoms with Crippen LogP contribution in [0.4, 0.5) is 0 Å². The molecule has 2 heterocycles. The van der Waals surface area contributed by atoms with Gasteiger partial charge in [0.15, 0.2) is 0 Å². The van der Waals surface area contributed by atoms with Crippen molar-refractivity contribution in [1.29, 1.82) is 0 Å². The topological polar surface area (TPSA) is 130 Å². The molecular weight excluding hydrogens is 484 g/mol. The standard InChI is InChI=1S/C25H30N4O6S/c1-17-14-19(8-9-22(17)34-2)36(32,33)29-12-5-13-35-23(29)16-28-25(31)24(30)26-11-10-18-15-27-21-7-4-3-6-20(18)21/h3-4,6-9,14-15,23,27H,5,10-13,16H2,1-2H3,(H,26,30)(H,28,31)/t23-/m1/s1. The Morgan fingerprint density at radius 1 is 1.17 bits per heavy atom. The predicted molar refractivity (Wildman–Crippen MR) is 134 cm³/mol. The first kappa shape index (κ1) is 25.7. The quantitative estimate of drug-likeness (QED) is 0.393. The van der Waals surface area contributed by atoms with E-state index < -0.39 is 28.1 Å². The maximum atomic E-state index is 13.3. The molecule has 3 N–H and O–H groups in total. The predicted octanol–water partition coefficient (Wildman–Crippen LogP) is 1.70. The number of aromatic amines is 1. The number of rotatable bonds is 8. The highest BCUT2D eigenvalue weighted by molar-refractivity contribution is 7.89. The molecule has 0 unspecified atom stereocenters. The number of hydrogen-bond acceptors (Lipinski definition) is 6. The lowest BCUT2D eigenvalue weighted by Crippen LogP contribution is -2.53. The first-order valence-electron chi connectivity index (χ1n) is 11.7. The molecule has 0 saturated carbocycles. The van der Waals surface area contributed by atoms with E-state index in [2.05, 4.69) is 15.6 Å². The minimum absolute atomic E-state index is 0.109. The van der Waals surface area contributed by atoms with Gasteiger partial charge in [-0.25, -0.2) is 8.42 Å². The molecule has 10 nitrogen and oxygen atoms in total. The van der Waals surface area contributed by atoms with Gasteiger partial charge in [0.25, 0.3) is 0 Å². The van der Waals surface area contributed by atoms with E-state index in [1.54, 1.807) is 19.1 Å². The minimum atomic E-state index is -3.89. The number of ether oxygens (including phenoxy) is 2. The average molecular weight is 515 g/mol. The van der Waals surface area contributed by atoms with E-state index >= 15 is 0 Å². The number of benzene rings is 2. The Morgan fingerprint density at radius 2 is 1.94 bits per heavy atom. The summed E-state index contributed by atoms with van der Waals surface area (Å²) in [6.45, 7) is 2.49. The summed E-state index contributed by atoms with van der Waals surface area (Å²) in [6.07, 6.45) is 2.04. The second-order valence-electron chi connectivity index (χ2n) is 8.50. The maximum Gasteiger partial charge on any atom is 0.309 e. The summed E-state index contributed by atoms with van der Waals surface area (Å²) in [7, 11) is -2.37. The largest absolute Gasteiger partial charge is 0.496 e. The van der Waals surface area contributed by atoms with Crippen molar-refractivity contribution < 1.29 is 27.5 Å². The van der Waals surface area contributed by atoms with Crippen molar-refractivity contribution in [1.82, 2.24) is 19.9 Å². The molecule has 0 spiro atoms. The van der Waals surface area contributed by atoms with Crippen LogP contribution in [0.15, 0.2) is 53.6 Å². The number of aryl methyl sites for hydroxylation is 1. The highest BCUT2D eigenvalue weighted by Crippen LogP contribution is 2.26. The number of H-pyrrole nitrogens is 1. The molecule has 11 heteroatoms. The van der Waals surface area contributed by atoms with Gasteiger partial charge >= 0.3 is 11.8 Å². The Morgan fingerprint density at radius 3 is 2.72 bits per heavy atom. The Balaban J connectivity index is 1.33. The molecular formula is C25H30N4O6S. The van der Waals surface area contributed by atoms with Gasteiger partial charge in [0, 0.05) is 30.2 Å². The summed E-state index contributed by atoms with van der Waals surface area (Å²) >= 11 is 0. The number of nitrogens with zero attached hydrogens (tertiary/aromatic N) is 1. The number of carbonyl (C=O) groups excluding carboxylic acids is 2. The number of carbonyl (C=O) groups is 2. The fourth-order valence-electron chi connectivity index (χ4n) is 4.24. The van der Waals surface area contributed by atoms with Crippen molar-refractivity contribution >= 4 is 32.7 Å². The van der Waals surface area contributed by atoms with Crippen LogP contribution in [0.5, 0.6) is 5.75 Å². The smallest absolute Gasteiger partial charge is 0.309 e. The van der Waals surface area contributed by atoms with Crippen LogP contribution in [-0.4, -0.2) is 69.1 Å². The Labute approximate surface area is 210 Å². The van der Waals surface area contributed by atoms with E-state index in [9.17, 15) is 18.0 Å². The van der Waals surface area contributed by atoms with Gasteiger partial charge in [0.2, 0.25) is 10.0 Å². The zero-order valence-electron chi connectivity index (χ0n) is 20.2. The maximum absolute atomic E-state index is 13.3. The first-order valence-corrected chi connectivity index (χ1v) is 13.1. The van der Waals surface area contributed by atoms with E-state index in [0.29, 0.717) is 30.8 Å². The van der Waals surface area contributed by atoms with E-state index in [-0.39, 0.29) is 24.5 Å². The van der Waals surface area contributed by atoms with Crippen LogP contribution >= 0.6 is 0 Å². The number of hydrogen-bond donors (Lipinski definition) is 3.